The molecule has 2 aromatic carbocycles. The number of fused-ring (bicyclic) bond motifs is 1. The number of benzene rings is 2. The highest BCUT2D eigenvalue weighted by molar-refractivity contribution is 7.86. The third-order valence-electron chi connectivity index (χ3n) is 2.12. The van der Waals surface area contributed by atoms with Crippen molar-refractivity contribution in [2.45, 2.75) is 4.90 Å². The minimum atomic E-state index is -4.69. The van der Waals surface area contributed by atoms with E-state index in [2.05, 4.69) is 6.07 Å². The first-order valence-corrected chi connectivity index (χ1v) is 5.68. The van der Waals surface area contributed by atoms with Crippen molar-refractivity contribution in [1.29, 1.82) is 0 Å². The molecule has 0 unspecified atom stereocenters. The van der Waals surface area contributed by atoms with E-state index in [0.29, 0.717) is 5.39 Å². The van der Waals surface area contributed by atoms with Gasteiger partial charge in [-0.2, -0.15) is 8.42 Å². The Morgan fingerprint density at radius 3 is 2.38 bits per heavy atom. The van der Waals surface area contributed by atoms with E-state index >= 15 is 0 Å². The highest BCUT2D eigenvalue weighted by Gasteiger charge is 2.23. The molecule has 0 atom stereocenters. The van der Waals surface area contributed by atoms with Gasteiger partial charge in [-0.25, -0.2) is 0 Å². The van der Waals surface area contributed by atoms with Crippen LogP contribution in [-0.4, -0.2) is 23.2 Å². The molecular formula is C10H7O5S. The summed E-state index contributed by atoms with van der Waals surface area (Å²) in [5, 5.41) is 19.6. The quantitative estimate of drug-likeness (QED) is 0.652. The van der Waals surface area contributed by atoms with Gasteiger partial charge in [0.25, 0.3) is 0 Å². The van der Waals surface area contributed by atoms with Crippen LogP contribution in [-0.2, 0) is 10.1 Å². The summed E-state index contributed by atoms with van der Waals surface area (Å²) in [6.45, 7) is 0. The van der Waals surface area contributed by atoms with Gasteiger partial charge >= 0.3 is 10.1 Å². The SMILES string of the molecule is O=S(=O)(O)c1c(O)[c]c2ccccc2c1O. The molecule has 5 nitrogen and oxygen atoms in total. The van der Waals surface area contributed by atoms with Gasteiger partial charge in [-0.1, -0.05) is 24.3 Å². The van der Waals surface area contributed by atoms with Crippen LogP contribution < -0.4 is 0 Å². The van der Waals surface area contributed by atoms with E-state index in [1.165, 1.54) is 6.07 Å². The van der Waals surface area contributed by atoms with E-state index < -0.39 is 26.5 Å². The van der Waals surface area contributed by atoms with E-state index in [1.807, 2.05) is 0 Å². The second-order valence-corrected chi connectivity index (χ2v) is 4.53. The molecular weight excluding hydrogens is 232 g/mol. The minimum Gasteiger partial charge on any atom is -0.506 e. The predicted molar refractivity (Wildman–Crippen MR) is 55.9 cm³/mol. The average molecular weight is 239 g/mol. The van der Waals surface area contributed by atoms with Crippen LogP contribution >= 0.6 is 0 Å². The summed E-state index contributed by atoms with van der Waals surface area (Å²) in [5.41, 5.74) is 0. The smallest absolute Gasteiger partial charge is 0.302 e. The van der Waals surface area contributed by atoms with Gasteiger partial charge in [-0.05, 0) is 5.39 Å². The molecule has 0 amide bonds. The molecule has 3 N–H and O–H groups in total. The third-order valence-corrected chi connectivity index (χ3v) is 3.03. The first kappa shape index (κ1) is 10.7. The fraction of sp³-hybridized carbons (Fsp3) is 0. The Kier molecular flexibility index (Phi) is 2.25. The molecule has 0 bridgehead atoms. The zero-order chi connectivity index (χ0) is 11.9. The zero-order valence-electron chi connectivity index (χ0n) is 7.88. The third kappa shape index (κ3) is 1.58. The lowest BCUT2D eigenvalue weighted by Crippen LogP contribution is -1.99. The van der Waals surface area contributed by atoms with E-state index in [4.69, 9.17) is 4.55 Å². The van der Waals surface area contributed by atoms with Crippen molar-refractivity contribution >= 4 is 20.9 Å². The molecule has 2 aromatic rings. The van der Waals surface area contributed by atoms with Gasteiger partial charge in [-0.15, -0.1) is 0 Å². The van der Waals surface area contributed by atoms with Gasteiger partial charge in [0.05, 0.1) is 0 Å². The minimum absolute atomic E-state index is 0.188. The summed E-state index contributed by atoms with van der Waals surface area (Å²) in [6.07, 6.45) is 0. The summed E-state index contributed by atoms with van der Waals surface area (Å²) >= 11 is 0. The Hall–Kier alpha value is -1.79. The largest absolute Gasteiger partial charge is 0.506 e. The standard InChI is InChI=1S/C10H7O5S/c11-8-5-6-3-1-2-4-7(6)9(12)10(8)16(13,14)15/h1-4,11-12H,(H,13,14,15). The summed E-state index contributed by atoms with van der Waals surface area (Å²) in [5.74, 6) is -1.49. The van der Waals surface area contributed by atoms with Crippen molar-refractivity contribution in [3.8, 4) is 11.5 Å². The highest BCUT2D eigenvalue weighted by Crippen LogP contribution is 2.37. The van der Waals surface area contributed by atoms with Crippen molar-refractivity contribution in [2.24, 2.45) is 0 Å². The van der Waals surface area contributed by atoms with E-state index in [0.717, 1.165) is 0 Å². The molecule has 0 fully saturated rings. The molecule has 0 aliphatic rings. The average Bonchev–Trinajstić information content (AvgIpc) is 2.15. The lowest BCUT2D eigenvalue weighted by Gasteiger charge is -2.07. The Morgan fingerprint density at radius 2 is 1.75 bits per heavy atom. The maximum atomic E-state index is 10.9. The summed E-state index contributed by atoms with van der Waals surface area (Å²) in [6, 6.07) is 8.59. The van der Waals surface area contributed by atoms with Gasteiger partial charge in [-0.3, -0.25) is 4.55 Å². The van der Waals surface area contributed by atoms with Crippen LogP contribution in [0.5, 0.6) is 11.5 Å². The molecule has 0 saturated carbocycles. The molecule has 0 aromatic heterocycles. The number of phenols is 2. The fourth-order valence-corrected chi connectivity index (χ4v) is 2.11. The first-order chi connectivity index (χ1) is 7.41. The number of phenolic OH excluding ortho intramolecular Hbond substituents is 2. The van der Waals surface area contributed by atoms with Gasteiger partial charge in [0, 0.05) is 11.5 Å². The van der Waals surface area contributed by atoms with E-state index in [9.17, 15) is 18.6 Å². The first-order valence-electron chi connectivity index (χ1n) is 4.24. The van der Waals surface area contributed by atoms with Crippen LogP contribution in [0, 0.1) is 6.07 Å². The maximum absolute atomic E-state index is 10.9. The lowest BCUT2D eigenvalue weighted by atomic mass is 10.1. The normalized spacial score (nSPS) is 11.8. The zero-order valence-corrected chi connectivity index (χ0v) is 8.69. The maximum Gasteiger partial charge on any atom is 0.302 e. The van der Waals surface area contributed by atoms with Crippen molar-refractivity contribution in [3.05, 3.63) is 30.3 Å². The van der Waals surface area contributed by atoms with Gasteiger partial charge in [0.15, 0.2) is 4.90 Å². The Morgan fingerprint density at radius 1 is 1.12 bits per heavy atom. The van der Waals surface area contributed by atoms with E-state index in [-0.39, 0.29) is 5.39 Å². The topological polar surface area (TPSA) is 94.8 Å². The second-order valence-electron chi connectivity index (χ2n) is 3.17. The lowest BCUT2D eigenvalue weighted by molar-refractivity contribution is 0.414. The molecule has 0 saturated heterocycles. The highest BCUT2D eigenvalue weighted by atomic mass is 32.2. The van der Waals surface area contributed by atoms with Crippen LogP contribution in [0.3, 0.4) is 0 Å². The second kappa shape index (κ2) is 3.36. The molecule has 83 valence electrons. The number of hydrogen-bond donors (Lipinski definition) is 3. The molecule has 16 heavy (non-hydrogen) atoms. The van der Waals surface area contributed by atoms with Crippen LogP contribution in [0.25, 0.3) is 10.8 Å². The Balaban J connectivity index is 2.98. The van der Waals surface area contributed by atoms with Crippen LogP contribution in [0.4, 0.5) is 0 Å². The van der Waals surface area contributed by atoms with Gasteiger partial charge < -0.3 is 10.2 Å². The molecule has 0 heterocycles. The van der Waals surface area contributed by atoms with Gasteiger partial charge in [0.1, 0.15) is 11.5 Å². The molecule has 1 radical (unpaired) electrons. The van der Waals surface area contributed by atoms with Crippen LogP contribution in [0.2, 0.25) is 0 Å². The van der Waals surface area contributed by atoms with Gasteiger partial charge in [0.2, 0.25) is 0 Å². The number of rotatable bonds is 1. The molecule has 0 aliphatic carbocycles. The number of hydrogen-bond acceptors (Lipinski definition) is 4. The van der Waals surface area contributed by atoms with Crippen LogP contribution in [0.1, 0.15) is 0 Å². The molecule has 0 spiro atoms. The molecule has 2 rings (SSSR count). The van der Waals surface area contributed by atoms with E-state index in [1.54, 1.807) is 18.2 Å². The fourth-order valence-electron chi connectivity index (χ4n) is 1.46. The number of aromatic hydroxyl groups is 2. The van der Waals surface area contributed by atoms with Crippen LogP contribution in [0.15, 0.2) is 29.2 Å². The Labute approximate surface area is 91.3 Å². The molecule has 6 heteroatoms. The molecule has 0 aliphatic heterocycles. The van der Waals surface area contributed by atoms with Crippen molar-refractivity contribution < 1.29 is 23.2 Å². The summed E-state index contributed by atoms with van der Waals surface area (Å²) < 4.78 is 30.7. The van der Waals surface area contributed by atoms with Crippen molar-refractivity contribution in [2.75, 3.05) is 0 Å². The predicted octanol–water partition coefficient (Wildman–Crippen LogP) is 1.30. The Bertz CT molecular complexity index is 660. The monoisotopic (exact) mass is 239 g/mol. The van der Waals surface area contributed by atoms with Crippen molar-refractivity contribution in [3.63, 3.8) is 0 Å². The summed E-state index contributed by atoms with van der Waals surface area (Å²) in [4.78, 5) is -0.925. The van der Waals surface area contributed by atoms with Crippen molar-refractivity contribution in [1.82, 2.24) is 0 Å². The summed E-state index contributed by atoms with van der Waals surface area (Å²) in [7, 11) is -4.69.